The lowest BCUT2D eigenvalue weighted by Gasteiger charge is -2.45. The number of nitrogens with zero attached hydrogens (tertiary/aromatic N) is 3. The number of aliphatic carboxylic acids is 1. The molecule has 0 aliphatic carbocycles. The molecule has 0 fully saturated rings. The molecule has 0 amide bonds. The molecule has 2 N–H and O–H groups in total. The molecule has 130 valence electrons. The third kappa shape index (κ3) is 2.66. The van der Waals surface area contributed by atoms with E-state index >= 15 is 0 Å². The van der Waals surface area contributed by atoms with E-state index in [0.717, 1.165) is 12.1 Å². The molecule has 0 spiro atoms. The molecular formula is C16H19F2N3O3. The number of hydrogen-bond acceptors (Lipinski definition) is 4. The van der Waals surface area contributed by atoms with Crippen LogP contribution in [-0.2, 0) is 10.4 Å². The first kappa shape index (κ1) is 18.0. The Hall–Kier alpha value is -2.35. The minimum atomic E-state index is -2.20. The van der Waals surface area contributed by atoms with Gasteiger partial charge in [0.1, 0.15) is 29.9 Å². The molecule has 2 atom stereocenters. The monoisotopic (exact) mass is 339 g/mol. The average molecular weight is 339 g/mol. The second kappa shape index (κ2) is 6.27. The maximum atomic E-state index is 14.4. The molecule has 0 radical (unpaired) electrons. The van der Waals surface area contributed by atoms with E-state index in [4.69, 9.17) is 0 Å². The molecule has 0 saturated carbocycles. The molecule has 1 aromatic carbocycles. The molecule has 2 aromatic rings. The highest BCUT2D eigenvalue weighted by molar-refractivity contribution is 5.76. The summed E-state index contributed by atoms with van der Waals surface area (Å²) in [6.45, 7) is 4.28. The highest BCUT2D eigenvalue weighted by Crippen LogP contribution is 2.49. The first-order chi connectivity index (χ1) is 11.2. The van der Waals surface area contributed by atoms with E-state index in [-0.39, 0.29) is 12.0 Å². The molecule has 2 unspecified atom stereocenters. The van der Waals surface area contributed by atoms with Crippen molar-refractivity contribution in [1.82, 2.24) is 14.8 Å². The van der Waals surface area contributed by atoms with E-state index in [9.17, 15) is 23.8 Å². The fraction of sp³-hybridized carbons (Fsp3) is 0.438. The minimum absolute atomic E-state index is 0.243. The first-order valence-electron chi connectivity index (χ1n) is 7.41. The minimum Gasteiger partial charge on any atom is -0.481 e. The Morgan fingerprint density at radius 1 is 1.38 bits per heavy atom. The standard InChI is InChI=1S/C16H19F2N3O3/c1-4-13(21-9-19-8-20-21)16(24,15(2,3)14(22)23)11-6-5-10(17)7-12(11)18/h5-9,13,24H,4H2,1-3H3,(H,22,23). The van der Waals surface area contributed by atoms with Gasteiger partial charge < -0.3 is 10.2 Å². The Morgan fingerprint density at radius 3 is 2.50 bits per heavy atom. The zero-order chi connectivity index (χ0) is 18.1. The third-order valence-electron chi connectivity index (χ3n) is 4.45. The lowest BCUT2D eigenvalue weighted by Crippen LogP contribution is -2.53. The average Bonchev–Trinajstić information content (AvgIpc) is 3.01. The maximum absolute atomic E-state index is 14.4. The SMILES string of the molecule is CCC(n1cncn1)C(O)(c1ccc(F)cc1F)C(C)(C)C(=O)O. The number of carboxylic acids is 1. The molecular weight excluding hydrogens is 320 g/mol. The normalized spacial score (nSPS) is 15.8. The van der Waals surface area contributed by atoms with E-state index in [1.807, 2.05) is 0 Å². The Bertz CT molecular complexity index is 734. The zero-order valence-electron chi connectivity index (χ0n) is 13.6. The van der Waals surface area contributed by atoms with Crippen molar-refractivity contribution in [1.29, 1.82) is 0 Å². The summed E-state index contributed by atoms with van der Waals surface area (Å²) in [7, 11) is 0. The predicted molar refractivity (Wildman–Crippen MR) is 81.0 cm³/mol. The number of carboxylic acid groups (broad SMARTS) is 1. The van der Waals surface area contributed by atoms with Crippen LogP contribution in [0.3, 0.4) is 0 Å². The molecule has 0 aliphatic rings. The maximum Gasteiger partial charge on any atom is 0.312 e. The van der Waals surface area contributed by atoms with Crippen LogP contribution in [0.5, 0.6) is 0 Å². The second-order valence-corrected chi connectivity index (χ2v) is 6.12. The Labute approximate surface area is 137 Å². The van der Waals surface area contributed by atoms with Gasteiger partial charge in [0.2, 0.25) is 0 Å². The molecule has 6 nitrogen and oxygen atoms in total. The van der Waals surface area contributed by atoms with E-state index in [1.165, 1.54) is 31.2 Å². The zero-order valence-corrected chi connectivity index (χ0v) is 13.6. The van der Waals surface area contributed by atoms with Crippen molar-refractivity contribution < 1.29 is 23.8 Å². The molecule has 1 aromatic heterocycles. The second-order valence-electron chi connectivity index (χ2n) is 6.12. The summed E-state index contributed by atoms with van der Waals surface area (Å²) in [6.07, 6.45) is 2.80. The van der Waals surface area contributed by atoms with Gasteiger partial charge in [0, 0.05) is 11.6 Å². The molecule has 0 saturated heterocycles. The van der Waals surface area contributed by atoms with Crippen LogP contribution < -0.4 is 0 Å². The van der Waals surface area contributed by atoms with Gasteiger partial charge in [-0.2, -0.15) is 5.10 Å². The van der Waals surface area contributed by atoms with Crippen LogP contribution in [0.1, 0.15) is 38.8 Å². The number of halogens is 2. The summed E-state index contributed by atoms with van der Waals surface area (Å²) in [6, 6.07) is 1.74. The molecule has 0 aliphatic heterocycles. The van der Waals surface area contributed by atoms with Crippen LogP contribution in [0, 0.1) is 17.0 Å². The number of hydrogen-bond donors (Lipinski definition) is 2. The fourth-order valence-corrected chi connectivity index (χ4v) is 2.95. The highest BCUT2D eigenvalue weighted by atomic mass is 19.1. The molecule has 1 heterocycles. The number of rotatable bonds is 6. The first-order valence-corrected chi connectivity index (χ1v) is 7.41. The van der Waals surface area contributed by atoms with E-state index in [2.05, 4.69) is 10.1 Å². The van der Waals surface area contributed by atoms with Gasteiger partial charge in [0.05, 0.1) is 11.5 Å². The largest absolute Gasteiger partial charge is 0.481 e. The van der Waals surface area contributed by atoms with Crippen molar-refractivity contribution in [2.75, 3.05) is 0 Å². The van der Waals surface area contributed by atoms with Crippen molar-refractivity contribution in [2.45, 2.75) is 38.8 Å². The Kier molecular flexibility index (Phi) is 4.70. The highest BCUT2D eigenvalue weighted by Gasteiger charge is 2.56. The van der Waals surface area contributed by atoms with Crippen molar-refractivity contribution in [3.8, 4) is 0 Å². The van der Waals surface area contributed by atoms with Crippen LogP contribution in [0.25, 0.3) is 0 Å². The number of carbonyl (C=O) groups is 1. The van der Waals surface area contributed by atoms with Gasteiger partial charge in [0.15, 0.2) is 0 Å². The summed E-state index contributed by atoms with van der Waals surface area (Å²) in [5.41, 5.74) is -4.30. The van der Waals surface area contributed by atoms with Crippen molar-refractivity contribution in [3.05, 3.63) is 48.1 Å². The van der Waals surface area contributed by atoms with Crippen LogP contribution in [0.4, 0.5) is 8.78 Å². The van der Waals surface area contributed by atoms with Crippen molar-refractivity contribution in [2.24, 2.45) is 5.41 Å². The van der Waals surface area contributed by atoms with Gasteiger partial charge in [0.25, 0.3) is 0 Å². The van der Waals surface area contributed by atoms with Gasteiger partial charge in [-0.3, -0.25) is 4.79 Å². The molecule has 24 heavy (non-hydrogen) atoms. The van der Waals surface area contributed by atoms with Gasteiger partial charge in [-0.05, 0) is 26.3 Å². The van der Waals surface area contributed by atoms with Crippen molar-refractivity contribution in [3.63, 3.8) is 0 Å². The summed E-state index contributed by atoms with van der Waals surface area (Å²) in [4.78, 5) is 15.6. The lowest BCUT2D eigenvalue weighted by atomic mass is 9.66. The van der Waals surface area contributed by atoms with Crippen LogP contribution in [0.2, 0.25) is 0 Å². The Balaban J connectivity index is 2.77. The fourth-order valence-electron chi connectivity index (χ4n) is 2.95. The van der Waals surface area contributed by atoms with E-state index in [1.54, 1.807) is 6.92 Å². The number of aliphatic hydroxyl groups is 1. The van der Waals surface area contributed by atoms with E-state index < -0.39 is 34.7 Å². The lowest BCUT2D eigenvalue weighted by molar-refractivity contribution is -0.176. The predicted octanol–water partition coefficient (Wildman–Crippen LogP) is 2.51. The van der Waals surface area contributed by atoms with Crippen molar-refractivity contribution >= 4 is 5.97 Å². The summed E-state index contributed by atoms with van der Waals surface area (Å²) >= 11 is 0. The quantitative estimate of drug-likeness (QED) is 0.844. The molecule has 0 bridgehead atoms. The van der Waals surface area contributed by atoms with Crippen LogP contribution in [0.15, 0.2) is 30.9 Å². The Morgan fingerprint density at radius 2 is 2.04 bits per heavy atom. The number of aromatic nitrogens is 3. The van der Waals surface area contributed by atoms with Gasteiger partial charge in [-0.25, -0.2) is 18.4 Å². The third-order valence-corrected chi connectivity index (χ3v) is 4.45. The number of benzene rings is 1. The smallest absolute Gasteiger partial charge is 0.312 e. The molecule has 2 rings (SSSR count). The van der Waals surface area contributed by atoms with Crippen LogP contribution in [-0.4, -0.2) is 30.9 Å². The summed E-state index contributed by atoms with van der Waals surface area (Å²) < 4.78 is 29.0. The molecule has 8 heteroatoms. The van der Waals surface area contributed by atoms with Gasteiger partial charge >= 0.3 is 5.97 Å². The van der Waals surface area contributed by atoms with Crippen LogP contribution >= 0.6 is 0 Å². The topological polar surface area (TPSA) is 88.2 Å². The summed E-state index contributed by atoms with van der Waals surface area (Å²) in [5, 5.41) is 25.0. The van der Waals surface area contributed by atoms with E-state index in [0.29, 0.717) is 6.07 Å². The van der Waals surface area contributed by atoms with Gasteiger partial charge in [-0.15, -0.1) is 0 Å². The summed E-state index contributed by atoms with van der Waals surface area (Å²) in [5.74, 6) is -3.17. The van der Waals surface area contributed by atoms with Gasteiger partial charge in [-0.1, -0.05) is 13.0 Å².